The molecule has 10 heteroatoms. The summed E-state index contributed by atoms with van der Waals surface area (Å²) in [5.41, 5.74) is 2.10. The molecule has 1 fully saturated rings. The first-order chi connectivity index (χ1) is 15.9. The summed E-state index contributed by atoms with van der Waals surface area (Å²) in [7, 11) is -3.90. The Hall–Kier alpha value is -3.27. The van der Waals surface area contributed by atoms with Gasteiger partial charge in [-0.25, -0.2) is 13.2 Å². The number of morpholine rings is 1. The molecule has 0 saturated carbocycles. The number of benzene rings is 3. The second-order valence-electron chi connectivity index (χ2n) is 7.34. The first-order valence-corrected chi connectivity index (χ1v) is 12.1. The normalized spacial score (nSPS) is 13.9. The van der Waals surface area contributed by atoms with E-state index < -0.39 is 16.1 Å². The molecule has 1 heterocycles. The van der Waals surface area contributed by atoms with E-state index in [1.807, 2.05) is 23.1 Å². The maximum absolute atomic E-state index is 13.0. The number of anilines is 4. The van der Waals surface area contributed by atoms with Crippen LogP contribution in [0.15, 0.2) is 77.7 Å². The summed E-state index contributed by atoms with van der Waals surface area (Å²) in [6.45, 7) is 2.36. The van der Waals surface area contributed by atoms with Crippen LogP contribution in [0.1, 0.15) is 0 Å². The molecule has 0 atom stereocenters. The first-order valence-electron chi connectivity index (χ1n) is 10.3. The van der Waals surface area contributed by atoms with Crippen LogP contribution < -0.4 is 20.3 Å². The molecule has 0 radical (unpaired) electrons. The molecule has 2 amide bonds. The van der Waals surface area contributed by atoms with Crippen molar-refractivity contribution >= 4 is 50.4 Å². The van der Waals surface area contributed by atoms with Gasteiger partial charge in [0.25, 0.3) is 10.0 Å². The van der Waals surface area contributed by atoms with E-state index in [-0.39, 0.29) is 4.90 Å². The van der Waals surface area contributed by atoms with Gasteiger partial charge in [-0.2, -0.15) is 0 Å². The number of ether oxygens (including phenoxy) is 1. The predicted molar refractivity (Wildman–Crippen MR) is 131 cm³/mol. The van der Waals surface area contributed by atoms with Gasteiger partial charge in [0.05, 0.1) is 29.5 Å². The maximum Gasteiger partial charge on any atom is 0.323 e. The number of carbonyl (C=O) groups excluding carboxylic acids is 1. The second kappa shape index (κ2) is 10.1. The van der Waals surface area contributed by atoms with Crippen molar-refractivity contribution in [2.75, 3.05) is 46.6 Å². The van der Waals surface area contributed by atoms with Gasteiger partial charge in [-0.05, 0) is 54.6 Å². The molecule has 0 aromatic heterocycles. The highest BCUT2D eigenvalue weighted by molar-refractivity contribution is 7.92. The summed E-state index contributed by atoms with van der Waals surface area (Å²) in [5, 5.41) is 6.05. The number of urea groups is 1. The fourth-order valence-electron chi connectivity index (χ4n) is 3.40. The van der Waals surface area contributed by atoms with Gasteiger partial charge < -0.3 is 20.3 Å². The van der Waals surface area contributed by atoms with Crippen molar-refractivity contribution in [2.45, 2.75) is 4.90 Å². The van der Waals surface area contributed by atoms with Crippen molar-refractivity contribution < 1.29 is 17.9 Å². The molecule has 0 spiro atoms. The molecule has 33 heavy (non-hydrogen) atoms. The molecule has 3 N–H and O–H groups in total. The number of hydrogen-bond donors (Lipinski definition) is 3. The van der Waals surface area contributed by atoms with E-state index in [0.29, 0.717) is 54.1 Å². The van der Waals surface area contributed by atoms with Crippen LogP contribution in [0.3, 0.4) is 0 Å². The van der Waals surface area contributed by atoms with Crippen LogP contribution in [-0.4, -0.2) is 40.8 Å². The predicted octanol–water partition coefficient (Wildman–Crippen LogP) is 4.62. The lowest BCUT2D eigenvalue weighted by atomic mass is 10.2. The van der Waals surface area contributed by atoms with Crippen LogP contribution in [0, 0.1) is 0 Å². The molecule has 8 nitrogen and oxygen atoms in total. The summed E-state index contributed by atoms with van der Waals surface area (Å²) in [6.07, 6.45) is 0. The summed E-state index contributed by atoms with van der Waals surface area (Å²) < 4.78 is 33.9. The Morgan fingerprint density at radius 2 is 1.58 bits per heavy atom. The lowest BCUT2D eigenvalue weighted by Gasteiger charge is -2.30. The van der Waals surface area contributed by atoms with Gasteiger partial charge in [0, 0.05) is 29.5 Å². The van der Waals surface area contributed by atoms with Gasteiger partial charge in [0.15, 0.2) is 0 Å². The van der Waals surface area contributed by atoms with Crippen LogP contribution in [-0.2, 0) is 14.8 Å². The first kappa shape index (κ1) is 22.9. The molecule has 1 aliphatic heterocycles. The Morgan fingerprint density at radius 3 is 2.27 bits per heavy atom. The Morgan fingerprint density at radius 1 is 0.879 bits per heavy atom. The summed E-state index contributed by atoms with van der Waals surface area (Å²) >= 11 is 5.88. The van der Waals surface area contributed by atoms with E-state index in [9.17, 15) is 13.2 Å². The number of rotatable bonds is 6. The highest BCUT2D eigenvalue weighted by Crippen LogP contribution is 2.31. The molecule has 3 aromatic rings. The Kier molecular flexibility index (Phi) is 7.02. The van der Waals surface area contributed by atoms with Gasteiger partial charge in [0.2, 0.25) is 0 Å². The molecular formula is C23H23ClN4O4S. The molecule has 0 bridgehead atoms. The minimum Gasteiger partial charge on any atom is -0.378 e. The average Bonchev–Trinajstić information content (AvgIpc) is 2.81. The van der Waals surface area contributed by atoms with Gasteiger partial charge >= 0.3 is 6.03 Å². The smallest absolute Gasteiger partial charge is 0.323 e. The molecule has 1 saturated heterocycles. The largest absolute Gasteiger partial charge is 0.378 e. The van der Waals surface area contributed by atoms with E-state index in [2.05, 4.69) is 15.4 Å². The molecule has 1 aliphatic rings. The van der Waals surface area contributed by atoms with Crippen LogP contribution in [0.5, 0.6) is 0 Å². The minimum absolute atomic E-state index is 0.0180. The van der Waals surface area contributed by atoms with Crippen LogP contribution in [0.2, 0.25) is 5.02 Å². The molecule has 172 valence electrons. The zero-order chi connectivity index (χ0) is 23.3. The van der Waals surface area contributed by atoms with Gasteiger partial charge in [0.1, 0.15) is 0 Å². The topological polar surface area (TPSA) is 99.8 Å². The lowest BCUT2D eigenvalue weighted by Crippen LogP contribution is -2.37. The van der Waals surface area contributed by atoms with Crippen molar-refractivity contribution in [3.05, 3.63) is 77.8 Å². The number of amides is 2. The van der Waals surface area contributed by atoms with E-state index in [1.165, 1.54) is 12.1 Å². The van der Waals surface area contributed by atoms with Crippen molar-refractivity contribution in [3.8, 4) is 0 Å². The fraction of sp³-hybridized carbons (Fsp3) is 0.174. The second-order valence-corrected chi connectivity index (χ2v) is 9.45. The number of hydrogen-bond acceptors (Lipinski definition) is 5. The summed E-state index contributed by atoms with van der Waals surface area (Å²) in [6, 6.07) is 19.5. The molecule has 3 aromatic carbocycles. The van der Waals surface area contributed by atoms with Gasteiger partial charge in [-0.3, -0.25) is 4.72 Å². The van der Waals surface area contributed by atoms with Crippen molar-refractivity contribution in [2.24, 2.45) is 0 Å². The molecule has 0 unspecified atom stereocenters. The van der Waals surface area contributed by atoms with Crippen LogP contribution in [0.25, 0.3) is 0 Å². The van der Waals surface area contributed by atoms with Gasteiger partial charge in [-0.1, -0.05) is 29.8 Å². The number of carbonyl (C=O) groups is 1. The third-order valence-corrected chi connectivity index (χ3v) is 6.64. The van der Waals surface area contributed by atoms with Crippen molar-refractivity contribution in [3.63, 3.8) is 0 Å². The van der Waals surface area contributed by atoms with Crippen molar-refractivity contribution in [1.82, 2.24) is 0 Å². The molecular weight excluding hydrogens is 464 g/mol. The van der Waals surface area contributed by atoms with E-state index in [0.717, 1.165) is 0 Å². The van der Waals surface area contributed by atoms with Gasteiger partial charge in [-0.15, -0.1) is 0 Å². The Balaban J connectivity index is 1.62. The molecule has 4 rings (SSSR count). The SMILES string of the molecule is O=C(Nc1ccccc1)Nc1cc(S(=O)(=O)Nc2ccc(Cl)cc2)ccc1N1CCOCC1. The Labute approximate surface area is 197 Å². The van der Waals surface area contributed by atoms with Crippen LogP contribution in [0.4, 0.5) is 27.5 Å². The quantitative estimate of drug-likeness (QED) is 0.472. The third kappa shape index (κ3) is 5.95. The average molecular weight is 487 g/mol. The van der Waals surface area contributed by atoms with E-state index in [4.69, 9.17) is 16.3 Å². The van der Waals surface area contributed by atoms with E-state index in [1.54, 1.807) is 42.5 Å². The molecule has 0 aliphatic carbocycles. The number of nitrogens with zero attached hydrogens (tertiary/aromatic N) is 1. The Bertz CT molecular complexity index is 1210. The zero-order valence-corrected chi connectivity index (χ0v) is 19.2. The minimum atomic E-state index is -3.90. The number of para-hydroxylation sites is 1. The summed E-state index contributed by atoms with van der Waals surface area (Å²) in [5.74, 6) is 0. The van der Waals surface area contributed by atoms with Crippen molar-refractivity contribution in [1.29, 1.82) is 0 Å². The highest BCUT2D eigenvalue weighted by atomic mass is 35.5. The monoisotopic (exact) mass is 486 g/mol. The highest BCUT2D eigenvalue weighted by Gasteiger charge is 2.21. The number of nitrogens with one attached hydrogen (secondary N) is 3. The third-order valence-electron chi connectivity index (χ3n) is 5.01. The van der Waals surface area contributed by atoms with E-state index >= 15 is 0 Å². The number of halogens is 1. The maximum atomic E-state index is 13.0. The lowest BCUT2D eigenvalue weighted by molar-refractivity contribution is 0.123. The number of sulfonamides is 1. The van der Waals surface area contributed by atoms with Crippen LogP contribution >= 0.6 is 11.6 Å². The fourth-order valence-corrected chi connectivity index (χ4v) is 4.61. The summed E-state index contributed by atoms with van der Waals surface area (Å²) in [4.78, 5) is 14.7. The zero-order valence-electron chi connectivity index (χ0n) is 17.6. The standard InChI is InChI=1S/C23H23ClN4O4S/c24-17-6-8-19(9-7-17)27-33(30,31)20-10-11-22(28-12-14-32-15-13-28)21(16-20)26-23(29)25-18-4-2-1-3-5-18/h1-11,16,27H,12-15H2,(H2,25,26,29).